The Kier molecular flexibility index (Phi) is 3.69. The zero-order chi connectivity index (χ0) is 18.7. The molecule has 4 aliphatic rings. The molecule has 1 spiro atoms. The van der Waals surface area contributed by atoms with Crippen LogP contribution in [0.5, 0.6) is 0 Å². The average Bonchev–Trinajstić information content (AvgIpc) is 3.39. The largest absolute Gasteiger partial charge is 0.346 e. The van der Waals surface area contributed by atoms with Crippen molar-refractivity contribution < 1.29 is 4.79 Å². The summed E-state index contributed by atoms with van der Waals surface area (Å²) >= 11 is 1.63. The first-order valence-electron chi connectivity index (χ1n) is 10.4. The van der Waals surface area contributed by atoms with E-state index >= 15 is 0 Å². The van der Waals surface area contributed by atoms with E-state index in [4.69, 9.17) is 0 Å². The van der Waals surface area contributed by atoms with Crippen LogP contribution in [0.4, 0.5) is 0 Å². The molecule has 4 heterocycles. The Balaban J connectivity index is 1.32. The molecule has 2 aromatic carbocycles. The molecule has 2 bridgehead atoms. The predicted molar refractivity (Wildman–Crippen MR) is 115 cm³/mol. The van der Waals surface area contributed by atoms with Gasteiger partial charge >= 0.3 is 0 Å². The highest BCUT2D eigenvalue weighted by molar-refractivity contribution is 7.21. The quantitative estimate of drug-likeness (QED) is 0.690. The molecule has 1 saturated carbocycles. The van der Waals surface area contributed by atoms with E-state index in [0.717, 1.165) is 10.3 Å². The fourth-order valence-electron chi connectivity index (χ4n) is 5.55. The van der Waals surface area contributed by atoms with Crippen molar-refractivity contribution >= 4 is 27.3 Å². The van der Waals surface area contributed by atoms with Gasteiger partial charge in [-0.15, -0.1) is 11.3 Å². The normalized spacial score (nSPS) is 27.2. The minimum Gasteiger partial charge on any atom is -0.346 e. The van der Waals surface area contributed by atoms with Crippen LogP contribution in [0.1, 0.15) is 35.4 Å². The number of hydrogen-bond acceptors (Lipinski definition) is 3. The first-order chi connectivity index (χ1) is 13.7. The number of benzene rings is 2. The van der Waals surface area contributed by atoms with E-state index in [9.17, 15) is 4.79 Å². The molecule has 4 heteroatoms. The number of piperidine rings is 3. The van der Waals surface area contributed by atoms with Crippen molar-refractivity contribution in [1.82, 2.24) is 10.2 Å². The monoisotopic (exact) mass is 388 g/mol. The molecule has 142 valence electrons. The van der Waals surface area contributed by atoms with Crippen LogP contribution < -0.4 is 5.32 Å². The van der Waals surface area contributed by atoms with Crippen molar-refractivity contribution in [3.8, 4) is 11.1 Å². The third kappa shape index (κ3) is 2.48. The van der Waals surface area contributed by atoms with Gasteiger partial charge in [0.1, 0.15) is 0 Å². The lowest BCUT2D eigenvalue weighted by atomic mass is 9.77. The molecule has 1 aliphatic carbocycles. The number of amides is 1. The molecule has 3 aliphatic heterocycles. The van der Waals surface area contributed by atoms with Gasteiger partial charge in [-0.3, -0.25) is 9.69 Å². The van der Waals surface area contributed by atoms with Gasteiger partial charge in [-0.1, -0.05) is 48.5 Å². The lowest BCUT2D eigenvalue weighted by molar-refractivity contribution is -0.00138. The molecule has 28 heavy (non-hydrogen) atoms. The van der Waals surface area contributed by atoms with Crippen molar-refractivity contribution in [3.05, 3.63) is 59.5 Å². The molecular weight excluding hydrogens is 364 g/mol. The number of carbonyl (C=O) groups is 1. The van der Waals surface area contributed by atoms with Crippen LogP contribution in [-0.4, -0.2) is 35.5 Å². The Morgan fingerprint density at radius 1 is 1.04 bits per heavy atom. The van der Waals surface area contributed by atoms with Gasteiger partial charge in [-0.2, -0.15) is 0 Å². The van der Waals surface area contributed by atoms with E-state index in [0.29, 0.717) is 12.0 Å². The maximum absolute atomic E-state index is 13.2. The molecule has 1 N–H and O–H groups in total. The van der Waals surface area contributed by atoms with Crippen LogP contribution in [0.2, 0.25) is 0 Å². The van der Waals surface area contributed by atoms with Gasteiger partial charge in [0.15, 0.2) is 0 Å². The molecule has 3 saturated heterocycles. The Bertz CT molecular complexity index is 1040. The van der Waals surface area contributed by atoms with Crippen LogP contribution in [0.25, 0.3) is 21.2 Å². The molecule has 1 unspecified atom stereocenters. The average molecular weight is 389 g/mol. The van der Waals surface area contributed by atoms with Crippen LogP contribution in [0.15, 0.2) is 54.6 Å². The number of hydrogen-bond donors (Lipinski definition) is 1. The summed E-state index contributed by atoms with van der Waals surface area (Å²) in [5.41, 5.74) is 2.70. The maximum Gasteiger partial charge on any atom is 0.261 e. The van der Waals surface area contributed by atoms with Crippen LogP contribution in [-0.2, 0) is 0 Å². The van der Waals surface area contributed by atoms with Gasteiger partial charge in [-0.05, 0) is 67.3 Å². The van der Waals surface area contributed by atoms with Gasteiger partial charge < -0.3 is 5.32 Å². The fraction of sp³-hybridized carbons (Fsp3) is 0.375. The zero-order valence-corrected chi connectivity index (χ0v) is 16.7. The molecule has 1 aromatic heterocycles. The van der Waals surface area contributed by atoms with Crippen molar-refractivity contribution in [2.75, 3.05) is 13.1 Å². The Hall–Kier alpha value is -2.17. The zero-order valence-electron chi connectivity index (χ0n) is 15.9. The van der Waals surface area contributed by atoms with Crippen molar-refractivity contribution in [1.29, 1.82) is 0 Å². The molecular formula is C24H24N2OS. The van der Waals surface area contributed by atoms with Gasteiger partial charge in [0.05, 0.1) is 10.9 Å². The Morgan fingerprint density at radius 3 is 2.57 bits per heavy atom. The van der Waals surface area contributed by atoms with E-state index in [1.165, 1.54) is 54.6 Å². The number of carbonyl (C=O) groups excluding carboxylic acids is 1. The smallest absolute Gasteiger partial charge is 0.261 e. The minimum absolute atomic E-state index is 0.116. The number of rotatable bonds is 3. The second-order valence-corrected chi connectivity index (χ2v) is 9.63. The molecule has 1 amide bonds. The number of nitrogens with one attached hydrogen (secondary N) is 1. The van der Waals surface area contributed by atoms with Crippen LogP contribution >= 0.6 is 11.3 Å². The first kappa shape index (κ1) is 16.8. The number of fused-ring (bicyclic) bond motifs is 3. The third-order valence-corrected chi connectivity index (χ3v) is 8.30. The molecule has 7 rings (SSSR count). The predicted octanol–water partition coefficient (Wildman–Crippen LogP) is 4.92. The van der Waals surface area contributed by atoms with E-state index in [1.807, 2.05) is 6.07 Å². The summed E-state index contributed by atoms with van der Waals surface area (Å²) in [6.07, 6.45) is 4.96. The molecule has 3 nitrogen and oxygen atoms in total. The number of thiophene rings is 1. The second kappa shape index (κ2) is 6.16. The summed E-state index contributed by atoms with van der Waals surface area (Å²) in [4.78, 5) is 16.7. The van der Waals surface area contributed by atoms with E-state index in [2.05, 4.69) is 58.7 Å². The molecule has 1 atom stereocenters. The third-order valence-electron chi connectivity index (χ3n) is 7.12. The summed E-state index contributed by atoms with van der Waals surface area (Å²) in [5.74, 6) is 0.774. The van der Waals surface area contributed by atoms with E-state index < -0.39 is 0 Å². The second-order valence-electron chi connectivity index (χ2n) is 8.58. The summed E-state index contributed by atoms with van der Waals surface area (Å²) in [6.45, 7) is 2.45. The summed E-state index contributed by atoms with van der Waals surface area (Å²) < 4.78 is 1.20. The highest BCUT2D eigenvalue weighted by Gasteiger charge is 2.60. The Morgan fingerprint density at radius 2 is 1.82 bits per heavy atom. The highest BCUT2D eigenvalue weighted by atomic mass is 32.1. The standard InChI is InChI=1S/C24H24N2OS/c27-23(25-22-17-9-13-26(14-10-17)24(22)11-12-24)20-15-18-7-4-8-19(21(18)28-20)16-5-2-1-3-6-16/h1-8,15,17,22H,9-14H2,(H,25,27). The van der Waals surface area contributed by atoms with Crippen molar-refractivity contribution in [3.63, 3.8) is 0 Å². The molecule has 0 radical (unpaired) electrons. The van der Waals surface area contributed by atoms with Crippen LogP contribution in [0, 0.1) is 5.92 Å². The van der Waals surface area contributed by atoms with Gasteiger partial charge in [-0.25, -0.2) is 0 Å². The van der Waals surface area contributed by atoms with Gasteiger partial charge in [0.2, 0.25) is 0 Å². The lowest BCUT2D eigenvalue weighted by Gasteiger charge is -2.52. The van der Waals surface area contributed by atoms with Gasteiger partial charge in [0, 0.05) is 10.2 Å². The fourth-order valence-corrected chi connectivity index (χ4v) is 6.65. The Labute approximate surface area is 169 Å². The van der Waals surface area contributed by atoms with Gasteiger partial charge in [0.25, 0.3) is 5.91 Å². The maximum atomic E-state index is 13.2. The topological polar surface area (TPSA) is 32.3 Å². The van der Waals surface area contributed by atoms with Crippen LogP contribution in [0.3, 0.4) is 0 Å². The SMILES string of the molecule is O=C(NC1C2CCN(CC2)C12CC2)c1cc2cccc(-c3ccccc3)c2s1. The lowest BCUT2D eigenvalue weighted by Crippen LogP contribution is -2.65. The highest BCUT2D eigenvalue weighted by Crippen LogP contribution is 2.53. The summed E-state index contributed by atoms with van der Waals surface area (Å²) in [7, 11) is 0. The van der Waals surface area contributed by atoms with Crippen molar-refractivity contribution in [2.24, 2.45) is 5.92 Å². The summed E-state index contributed by atoms with van der Waals surface area (Å²) in [5, 5.41) is 4.63. The van der Waals surface area contributed by atoms with E-state index in [-0.39, 0.29) is 11.4 Å². The molecule has 3 aromatic rings. The molecule has 4 fully saturated rings. The minimum atomic E-state index is 0.116. The van der Waals surface area contributed by atoms with Crippen molar-refractivity contribution in [2.45, 2.75) is 37.3 Å². The first-order valence-corrected chi connectivity index (χ1v) is 11.2. The number of nitrogens with zero attached hydrogens (tertiary/aromatic N) is 1. The summed E-state index contributed by atoms with van der Waals surface area (Å²) in [6, 6.07) is 19.2. The van der Waals surface area contributed by atoms with E-state index in [1.54, 1.807) is 11.3 Å².